The van der Waals surface area contributed by atoms with E-state index in [4.69, 9.17) is 0 Å². The Kier molecular flexibility index (Phi) is 2.83. The minimum atomic E-state index is -0.0829. The van der Waals surface area contributed by atoms with E-state index in [2.05, 4.69) is 33.8 Å². The molecule has 1 N–H and O–H groups in total. The van der Waals surface area contributed by atoms with E-state index in [0.717, 1.165) is 30.6 Å². The first kappa shape index (κ1) is 14.3. The molecule has 2 bridgehead atoms. The van der Waals surface area contributed by atoms with Gasteiger partial charge in [-0.3, -0.25) is 0 Å². The second-order valence-electron chi connectivity index (χ2n) is 9.74. The van der Waals surface area contributed by atoms with Crippen molar-refractivity contribution in [2.24, 2.45) is 34.0 Å². The van der Waals surface area contributed by atoms with Crippen molar-refractivity contribution in [1.29, 1.82) is 0 Å². The van der Waals surface area contributed by atoms with E-state index in [1.807, 2.05) is 0 Å². The lowest BCUT2D eigenvalue weighted by atomic mass is 9.40. The maximum absolute atomic E-state index is 10.6. The van der Waals surface area contributed by atoms with Gasteiger partial charge >= 0.3 is 0 Å². The summed E-state index contributed by atoms with van der Waals surface area (Å²) in [7, 11) is 0. The van der Waals surface area contributed by atoms with Crippen LogP contribution in [-0.4, -0.2) is 11.2 Å². The van der Waals surface area contributed by atoms with Crippen LogP contribution >= 0.6 is 0 Å². The molecule has 0 radical (unpaired) electrons. The van der Waals surface area contributed by atoms with Crippen molar-refractivity contribution in [3.05, 3.63) is 11.6 Å². The Morgan fingerprint density at radius 1 is 1.10 bits per heavy atom. The van der Waals surface area contributed by atoms with Gasteiger partial charge in [0.15, 0.2) is 0 Å². The minimum absolute atomic E-state index is 0.0829. The largest absolute Gasteiger partial charge is 0.393 e. The van der Waals surface area contributed by atoms with Crippen LogP contribution in [0.15, 0.2) is 11.6 Å². The van der Waals surface area contributed by atoms with Gasteiger partial charge in [0.25, 0.3) is 0 Å². The van der Waals surface area contributed by atoms with Gasteiger partial charge in [-0.05, 0) is 85.9 Å². The number of rotatable bonds is 0. The molecule has 0 heterocycles. The summed E-state index contributed by atoms with van der Waals surface area (Å²) >= 11 is 0. The predicted octanol–water partition coefficient (Wildman–Crippen LogP) is 4.95. The molecule has 0 aromatic carbocycles. The molecule has 3 saturated carbocycles. The van der Waals surface area contributed by atoms with Crippen molar-refractivity contribution >= 4 is 0 Å². The Labute approximate surface area is 130 Å². The SMILES string of the molecule is CC1=CCC23CC1CC2CCC1C(C)(C)CC(O)CC13C. The van der Waals surface area contributed by atoms with Crippen LogP contribution in [0.25, 0.3) is 0 Å². The van der Waals surface area contributed by atoms with Crippen molar-refractivity contribution in [1.82, 2.24) is 0 Å². The van der Waals surface area contributed by atoms with Gasteiger partial charge in [0.2, 0.25) is 0 Å². The van der Waals surface area contributed by atoms with Gasteiger partial charge in [-0.15, -0.1) is 0 Å². The highest BCUT2D eigenvalue weighted by molar-refractivity contribution is 5.24. The van der Waals surface area contributed by atoms with Crippen LogP contribution in [-0.2, 0) is 0 Å². The van der Waals surface area contributed by atoms with E-state index in [1.165, 1.54) is 32.1 Å². The van der Waals surface area contributed by atoms with Gasteiger partial charge in [0.1, 0.15) is 0 Å². The smallest absolute Gasteiger partial charge is 0.0551 e. The van der Waals surface area contributed by atoms with Crippen LogP contribution in [0.1, 0.15) is 72.6 Å². The number of fused-ring (bicyclic) bond motifs is 2. The molecule has 118 valence electrons. The molecule has 4 rings (SSSR count). The molecule has 1 spiro atoms. The van der Waals surface area contributed by atoms with Gasteiger partial charge in [-0.1, -0.05) is 32.4 Å². The lowest BCUT2D eigenvalue weighted by Gasteiger charge is -2.65. The third kappa shape index (κ3) is 1.68. The Hall–Kier alpha value is -0.300. The van der Waals surface area contributed by atoms with Crippen LogP contribution in [0, 0.1) is 34.0 Å². The summed E-state index contributed by atoms with van der Waals surface area (Å²) in [6.07, 6.45) is 11.5. The fraction of sp³-hybridized carbons (Fsp3) is 0.900. The van der Waals surface area contributed by atoms with Crippen LogP contribution in [0.2, 0.25) is 0 Å². The molecule has 3 fully saturated rings. The Morgan fingerprint density at radius 3 is 2.62 bits per heavy atom. The normalized spacial score (nSPS) is 54.6. The van der Waals surface area contributed by atoms with E-state index >= 15 is 0 Å². The molecule has 0 aliphatic heterocycles. The highest BCUT2D eigenvalue weighted by Crippen LogP contribution is 2.74. The van der Waals surface area contributed by atoms with E-state index < -0.39 is 0 Å². The molecule has 4 aliphatic carbocycles. The predicted molar refractivity (Wildman–Crippen MR) is 86.9 cm³/mol. The first-order valence-electron chi connectivity index (χ1n) is 9.13. The maximum Gasteiger partial charge on any atom is 0.0551 e. The minimum Gasteiger partial charge on any atom is -0.393 e. The van der Waals surface area contributed by atoms with Gasteiger partial charge in [0.05, 0.1) is 6.10 Å². The summed E-state index contributed by atoms with van der Waals surface area (Å²) in [5, 5.41) is 10.6. The molecule has 1 nitrogen and oxygen atoms in total. The molecule has 0 aromatic heterocycles. The summed E-state index contributed by atoms with van der Waals surface area (Å²) in [5.41, 5.74) is 2.81. The van der Waals surface area contributed by atoms with Crippen molar-refractivity contribution in [2.75, 3.05) is 0 Å². The second-order valence-corrected chi connectivity index (χ2v) is 9.74. The summed E-state index contributed by atoms with van der Waals surface area (Å²) in [6, 6.07) is 0. The zero-order chi connectivity index (χ0) is 15.0. The zero-order valence-corrected chi connectivity index (χ0v) is 14.3. The third-order valence-electron chi connectivity index (χ3n) is 8.47. The molecule has 0 amide bonds. The average Bonchev–Trinajstić information content (AvgIpc) is 2.69. The number of hydrogen-bond acceptors (Lipinski definition) is 1. The highest BCUT2D eigenvalue weighted by Gasteiger charge is 2.66. The second kappa shape index (κ2) is 4.16. The molecule has 6 atom stereocenters. The third-order valence-corrected chi connectivity index (χ3v) is 8.47. The summed E-state index contributed by atoms with van der Waals surface area (Å²) < 4.78 is 0. The first-order chi connectivity index (χ1) is 9.78. The summed E-state index contributed by atoms with van der Waals surface area (Å²) in [5.74, 6) is 2.57. The zero-order valence-electron chi connectivity index (χ0n) is 14.3. The molecule has 0 saturated heterocycles. The van der Waals surface area contributed by atoms with Gasteiger partial charge in [0, 0.05) is 0 Å². The standard InChI is InChI=1S/C20H32O/c1-13-7-8-20-10-14(13)9-15(20)5-6-17-18(2,3)11-16(21)12-19(17,20)4/h7,14-17,21H,5-6,8-12H2,1-4H3. The van der Waals surface area contributed by atoms with Gasteiger partial charge in [-0.25, -0.2) is 0 Å². The average molecular weight is 288 g/mol. The molecule has 4 aliphatic rings. The maximum atomic E-state index is 10.6. The lowest BCUT2D eigenvalue weighted by molar-refractivity contribution is -0.177. The Bertz CT molecular complexity index is 490. The van der Waals surface area contributed by atoms with Crippen LogP contribution in [0.3, 0.4) is 0 Å². The van der Waals surface area contributed by atoms with E-state index in [-0.39, 0.29) is 6.10 Å². The lowest BCUT2D eigenvalue weighted by Crippen LogP contribution is -2.59. The van der Waals surface area contributed by atoms with E-state index in [9.17, 15) is 5.11 Å². The molecular formula is C20H32O. The highest BCUT2D eigenvalue weighted by atomic mass is 16.3. The van der Waals surface area contributed by atoms with Crippen molar-refractivity contribution < 1.29 is 5.11 Å². The van der Waals surface area contributed by atoms with E-state index in [0.29, 0.717) is 16.2 Å². The monoisotopic (exact) mass is 288 g/mol. The Balaban J connectivity index is 1.81. The first-order valence-corrected chi connectivity index (χ1v) is 9.13. The molecule has 21 heavy (non-hydrogen) atoms. The quantitative estimate of drug-likeness (QED) is 0.626. The number of aliphatic hydroxyl groups excluding tert-OH is 1. The molecule has 6 unspecified atom stereocenters. The van der Waals surface area contributed by atoms with Crippen LogP contribution in [0.4, 0.5) is 0 Å². The van der Waals surface area contributed by atoms with Crippen LogP contribution in [0.5, 0.6) is 0 Å². The number of hydrogen-bond donors (Lipinski definition) is 1. The van der Waals surface area contributed by atoms with Gasteiger partial charge in [-0.2, -0.15) is 0 Å². The van der Waals surface area contributed by atoms with Crippen molar-refractivity contribution in [3.63, 3.8) is 0 Å². The van der Waals surface area contributed by atoms with Crippen molar-refractivity contribution in [2.45, 2.75) is 78.7 Å². The molecule has 1 heteroatoms. The fourth-order valence-electron chi connectivity index (χ4n) is 7.64. The van der Waals surface area contributed by atoms with Crippen molar-refractivity contribution in [3.8, 4) is 0 Å². The summed E-state index contributed by atoms with van der Waals surface area (Å²) in [4.78, 5) is 0. The fourth-order valence-corrected chi connectivity index (χ4v) is 7.64. The summed E-state index contributed by atoms with van der Waals surface area (Å²) in [6.45, 7) is 9.76. The Morgan fingerprint density at radius 2 is 1.86 bits per heavy atom. The van der Waals surface area contributed by atoms with Gasteiger partial charge < -0.3 is 5.11 Å². The number of allylic oxidation sites excluding steroid dienone is 2. The number of aliphatic hydroxyl groups is 1. The topological polar surface area (TPSA) is 20.2 Å². The van der Waals surface area contributed by atoms with E-state index in [1.54, 1.807) is 5.57 Å². The van der Waals surface area contributed by atoms with Crippen LogP contribution < -0.4 is 0 Å². The molecule has 0 aromatic rings. The molecular weight excluding hydrogens is 256 g/mol.